The summed E-state index contributed by atoms with van der Waals surface area (Å²) in [5, 5.41) is 7.44. The summed E-state index contributed by atoms with van der Waals surface area (Å²) in [5.41, 5.74) is 1.96. The molecule has 0 radical (unpaired) electrons. The van der Waals surface area contributed by atoms with Gasteiger partial charge in [0, 0.05) is 11.6 Å². The minimum atomic E-state index is 0.529. The van der Waals surface area contributed by atoms with Crippen molar-refractivity contribution in [2.45, 2.75) is 13.3 Å². The number of anilines is 1. The van der Waals surface area contributed by atoms with Gasteiger partial charge in [-0.1, -0.05) is 23.7 Å². The fourth-order valence-electron chi connectivity index (χ4n) is 2.18. The van der Waals surface area contributed by atoms with E-state index in [1.54, 1.807) is 25.3 Å². The first-order chi connectivity index (χ1) is 11.6. The molecule has 0 aliphatic rings. The molecule has 4 nitrogen and oxygen atoms in total. The van der Waals surface area contributed by atoms with Gasteiger partial charge in [-0.3, -0.25) is 0 Å². The third kappa shape index (κ3) is 5.58. The predicted molar refractivity (Wildman–Crippen MR) is 104 cm³/mol. The summed E-state index contributed by atoms with van der Waals surface area (Å²) in [6.45, 7) is 3.37. The molecule has 0 spiro atoms. The van der Waals surface area contributed by atoms with Crippen LogP contribution in [-0.2, 0) is 6.42 Å². The first-order valence-electron chi connectivity index (χ1n) is 7.72. The number of hydrogen-bond acceptors (Lipinski definition) is 3. The standard InChI is InChI=1S/C18H21ClN2O2S/c1-3-23-15-7-4-13(5-8-15)10-11-20-18(24)21-16-12-14(19)6-9-17(16)22-2/h4-9,12H,3,10-11H2,1-2H3,(H2,20,21,24). The molecule has 2 aromatic carbocycles. The van der Waals surface area contributed by atoms with Gasteiger partial charge in [-0.25, -0.2) is 0 Å². The average molecular weight is 365 g/mol. The van der Waals surface area contributed by atoms with Crippen LogP contribution in [0, 0.1) is 0 Å². The van der Waals surface area contributed by atoms with Crippen LogP contribution in [0.3, 0.4) is 0 Å². The second-order valence-electron chi connectivity index (χ2n) is 5.05. The molecule has 0 heterocycles. The highest BCUT2D eigenvalue weighted by Gasteiger charge is 2.05. The zero-order chi connectivity index (χ0) is 17.4. The van der Waals surface area contributed by atoms with Crippen LogP contribution in [0.4, 0.5) is 5.69 Å². The molecule has 128 valence electrons. The summed E-state index contributed by atoms with van der Waals surface area (Å²) >= 11 is 11.3. The molecule has 0 saturated carbocycles. The zero-order valence-electron chi connectivity index (χ0n) is 13.8. The lowest BCUT2D eigenvalue weighted by Gasteiger charge is -2.14. The Balaban J connectivity index is 1.82. The van der Waals surface area contributed by atoms with Crippen LogP contribution in [-0.4, -0.2) is 25.4 Å². The molecular weight excluding hydrogens is 344 g/mol. The molecule has 0 saturated heterocycles. The lowest BCUT2D eigenvalue weighted by molar-refractivity contribution is 0.340. The molecule has 0 bridgehead atoms. The molecule has 0 aliphatic carbocycles. The Morgan fingerprint density at radius 1 is 1.17 bits per heavy atom. The van der Waals surface area contributed by atoms with E-state index < -0.39 is 0 Å². The van der Waals surface area contributed by atoms with Crippen molar-refractivity contribution in [3.63, 3.8) is 0 Å². The van der Waals surface area contributed by atoms with Crippen LogP contribution in [0.2, 0.25) is 5.02 Å². The van der Waals surface area contributed by atoms with Gasteiger partial charge in [0.2, 0.25) is 0 Å². The molecule has 2 N–H and O–H groups in total. The van der Waals surface area contributed by atoms with Gasteiger partial charge in [0.25, 0.3) is 0 Å². The van der Waals surface area contributed by atoms with Gasteiger partial charge in [0.15, 0.2) is 5.11 Å². The number of rotatable bonds is 7. The fraction of sp³-hybridized carbons (Fsp3) is 0.278. The Kier molecular flexibility index (Phi) is 7.15. The monoisotopic (exact) mass is 364 g/mol. The second-order valence-corrected chi connectivity index (χ2v) is 5.90. The summed E-state index contributed by atoms with van der Waals surface area (Å²) in [6, 6.07) is 13.4. The van der Waals surface area contributed by atoms with Crippen LogP contribution in [0.1, 0.15) is 12.5 Å². The van der Waals surface area contributed by atoms with E-state index in [1.165, 1.54) is 5.56 Å². The first kappa shape index (κ1) is 18.4. The van der Waals surface area contributed by atoms with Gasteiger partial charge in [0.1, 0.15) is 11.5 Å². The van der Waals surface area contributed by atoms with Crippen molar-refractivity contribution in [3.8, 4) is 11.5 Å². The van der Waals surface area contributed by atoms with Gasteiger partial charge in [-0.15, -0.1) is 0 Å². The number of hydrogen-bond donors (Lipinski definition) is 2. The molecule has 0 aliphatic heterocycles. The van der Waals surface area contributed by atoms with Crippen molar-refractivity contribution >= 4 is 34.6 Å². The number of ether oxygens (including phenoxy) is 2. The van der Waals surface area contributed by atoms with Crippen molar-refractivity contribution < 1.29 is 9.47 Å². The third-order valence-corrected chi connectivity index (χ3v) is 3.82. The topological polar surface area (TPSA) is 42.5 Å². The minimum absolute atomic E-state index is 0.529. The van der Waals surface area contributed by atoms with E-state index in [9.17, 15) is 0 Å². The molecule has 2 rings (SSSR count). The van der Waals surface area contributed by atoms with E-state index >= 15 is 0 Å². The quantitative estimate of drug-likeness (QED) is 0.718. The highest BCUT2D eigenvalue weighted by atomic mass is 35.5. The van der Waals surface area contributed by atoms with Crippen LogP contribution in [0.25, 0.3) is 0 Å². The largest absolute Gasteiger partial charge is 0.495 e. The summed E-state index contributed by atoms with van der Waals surface area (Å²) in [5.74, 6) is 1.58. The Hall–Kier alpha value is -1.98. The van der Waals surface area contributed by atoms with Gasteiger partial charge in [-0.05, 0) is 61.5 Å². The normalized spacial score (nSPS) is 10.1. The second kappa shape index (κ2) is 9.35. The van der Waals surface area contributed by atoms with E-state index in [2.05, 4.69) is 22.8 Å². The van der Waals surface area contributed by atoms with Crippen molar-refractivity contribution in [1.82, 2.24) is 5.32 Å². The summed E-state index contributed by atoms with van der Waals surface area (Å²) in [4.78, 5) is 0. The summed E-state index contributed by atoms with van der Waals surface area (Å²) in [6.07, 6.45) is 0.862. The van der Waals surface area contributed by atoms with Crippen LogP contribution >= 0.6 is 23.8 Å². The molecule has 6 heteroatoms. The Morgan fingerprint density at radius 2 is 1.92 bits per heavy atom. The Morgan fingerprint density at radius 3 is 2.58 bits per heavy atom. The SMILES string of the molecule is CCOc1ccc(CCNC(=S)Nc2cc(Cl)ccc2OC)cc1. The number of nitrogens with one attached hydrogen (secondary N) is 2. The van der Waals surface area contributed by atoms with E-state index in [1.807, 2.05) is 19.1 Å². The van der Waals surface area contributed by atoms with E-state index in [0.29, 0.717) is 22.5 Å². The van der Waals surface area contributed by atoms with Crippen molar-refractivity contribution in [3.05, 3.63) is 53.1 Å². The molecule has 0 atom stereocenters. The summed E-state index contributed by atoms with van der Waals surface area (Å²) in [7, 11) is 1.61. The maximum Gasteiger partial charge on any atom is 0.170 e. The minimum Gasteiger partial charge on any atom is -0.495 e. The molecule has 0 fully saturated rings. The smallest absolute Gasteiger partial charge is 0.170 e. The molecular formula is C18H21ClN2O2S. The van der Waals surface area contributed by atoms with E-state index in [-0.39, 0.29) is 0 Å². The van der Waals surface area contributed by atoms with Gasteiger partial charge < -0.3 is 20.1 Å². The maximum atomic E-state index is 6.01. The molecule has 0 unspecified atom stereocenters. The zero-order valence-corrected chi connectivity index (χ0v) is 15.3. The number of halogens is 1. The van der Waals surface area contributed by atoms with Gasteiger partial charge in [-0.2, -0.15) is 0 Å². The fourth-order valence-corrected chi connectivity index (χ4v) is 2.57. The van der Waals surface area contributed by atoms with Gasteiger partial charge >= 0.3 is 0 Å². The summed E-state index contributed by atoms with van der Waals surface area (Å²) < 4.78 is 10.7. The Bertz CT molecular complexity index is 677. The van der Waals surface area contributed by atoms with Crippen molar-refractivity contribution in [2.75, 3.05) is 25.6 Å². The highest BCUT2D eigenvalue weighted by molar-refractivity contribution is 7.80. The molecule has 2 aromatic rings. The number of thiocarbonyl (C=S) groups is 1. The lowest BCUT2D eigenvalue weighted by atomic mass is 10.1. The molecule has 0 amide bonds. The van der Waals surface area contributed by atoms with Gasteiger partial charge in [0.05, 0.1) is 19.4 Å². The molecule has 0 aromatic heterocycles. The van der Waals surface area contributed by atoms with E-state index in [0.717, 1.165) is 24.4 Å². The van der Waals surface area contributed by atoms with Crippen LogP contribution in [0.15, 0.2) is 42.5 Å². The average Bonchev–Trinajstić information content (AvgIpc) is 2.57. The van der Waals surface area contributed by atoms with Crippen molar-refractivity contribution in [2.24, 2.45) is 0 Å². The van der Waals surface area contributed by atoms with E-state index in [4.69, 9.17) is 33.3 Å². The third-order valence-electron chi connectivity index (χ3n) is 3.34. The Labute approximate surface area is 153 Å². The maximum absolute atomic E-state index is 6.01. The number of methoxy groups -OCH3 is 1. The number of benzene rings is 2. The highest BCUT2D eigenvalue weighted by Crippen LogP contribution is 2.27. The van der Waals surface area contributed by atoms with Crippen LogP contribution < -0.4 is 20.1 Å². The first-order valence-corrected chi connectivity index (χ1v) is 8.51. The van der Waals surface area contributed by atoms with Crippen LogP contribution in [0.5, 0.6) is 11.5 Å². The van der Waals surface area contributed by atoms with Crippen molar-refractivity contribution in [1.29, 1.82) is 0 Å². The molecule has 24 heavy (non-hydrogen) atoms. The lowest BCUT2D eigenvalue weighted by Crippen LogP contribution is -2.30. The predicted octanol–water partition coefficient (Wildman–Crippen LogP) is 4.28.